The molecular formula is C11H25OP. The first-order valence-electron chi connectivity index (χ1n) is 4.99. The molecule has 0 aromatic carbocycles. The van der Waals surface area contributed by atoms with Crippen molar-refractivity contribution in [1.82, 2.24) is 0 Å². The maximum atomic E-state index is 9.41. The van der Waals surface area contributed by atoms with Gasteiger partial charge in [0.1, 0.15) is 0 Å². The van der Waals surface area contributed by atoms with Crippen LogP contribution in [-0.2, 0) is 0 Å². The van der Waals surface area contributed by atoms with Crippen molar-refractivity contribution in [3.05, 3.63) is 0 Å². The lowest BCUT2D eigenvalue weighted by Gasteiger charge is -2.41. The first-order valence-corrected chi connectivity index (χ1v) is 5.65. The van der Waals surface area contributed by atoms with E-state index in [-0.39, 0.29) is 16.7 Å². The zero-order valence-electron chi connectivity index (χ0n) is 9.89. The van der Waals surface area contributed by atoms with Gasteiger partial charge < -0.3 is 5.11 Å². The van der Waals surface area contributed by atoms with Gasteiger partial charge in [-0.3, -0.25) is 0 Å². The van der Waals surface area contributed by atoms with E-state index in [1.807, 2.05) is 0 Å². The highest BCUT2D eigenvalue weighted by Gasteiger charge is 2.35. The molecule has 2 atom stereocenters. The van der Waals surface area contributed by atoms with E-state index >= 15 is 0 Å². The molecule has 0 bridgehead atoms. The lowest BCUT2D eigenvalue weighted by atomic mass is 9.65. The van der Waals surface area contributed by atoms with Crippen LogP contribution in [0.2, 0.25) is 0 Å². The number of hydrogen-bond acceptors (Lipinski definition) is 1. The van der Waals surface area contributed by atoms with E-state index in [0.29, 0.717) is 5.92 Å². The smallest absolute Gasteiger partial charge is 0.0676 e. The largest absolute Gasteiger partial charge is 0.389 e. The summed E-state index contributed by atoms with van der Waals surface area (Å²) in [5.74, 6) is 0.260. The van der Waals surface area contributed by atoms with E-state index in [0.717, 1.165) is 6.42 Å². The highest BCUT2D eigenvalue weighted by molar-refractivity contribution is 7.17. The predicted molar refractivity (Wildman–Crippen MR) is 62.7 cm³/mol. The second-order valence-electron chi connectivity index (χ2n) is 6.09. The summed E-state index contributed by atoms with van der Waals surface area (Å²) >= 11 is 0. The number of aliphatic hydroxyl groups excluding tert-OH is 1. The first kappa shape index (κ1) is 13.4. The molecule has 2 heteroatoms. The Balaban J connectivity index is 4.58. The number of aliphatic hydroxyl groups is 1. The topological polar surface area (TPSA) is 20.2 Å². The molecule has 0 aromatic rings. The Labute approximate surface area is 85.5 Å². The van der Waals surface area contributed by atoms with Gasteiger partial charge in [-0.05, 0) is 23.2 Å². The van der Waals surface area contributed by atoms with Gasteiger partial charge in [-0.15, -0.1) is 9.24 Å². The number of rotatable bonds is 2. The van der Waals surface area contributed by atoms with Crippen LogP contribution in [0.25, 0.3) is 0 Å². The molecule has 0 saturated heterocycles. The third kappa shape index (κ3) is 4.98. The summed E-state index contributed by atoms with van der Waals surface area (Å²) in [5.41, 5.74) is 0.519. The van der Waals surface area contributed by atoms with Crippen LogP contribution in [0.3, 0.4) is 0 Å². The molecule has 0 aromatic heterocycles. The Hall–Kier alpha value is 0.390. The van der Waals surface area contributed by atoms with Gasteiger partial charge in [0.15, 0.2) is 0 Å². The summed E-state index contributed by atoms with van der Waals surface area (Å²) in [6, 6.07) is 0. The van der Waals surface area contributed by atoms with Crippen molar-refractivity contribution in [2.24, 2.45) is 16.7 Å². The van der Waals surface area contributed by atoms with Gasteiger partial charge in [0.25, 0.3) is 0 Å². The Morgan fingerprint density at radius 2 is 1.31 bits per heavy atom. The minimum atomic E-state index is -0.275. The van der Waals surface area contributed by atoms with Gasteiger partial charge >= 0.3 is 0 Å². The molecule has 0 heterocycles. The zero-order valence-corrected chi connectivity index (χ0v) is 11.0. The molecule has 0 amide bonds. The molecule has 2 unspecified atom stereocenters. The van der Waals surface area contributed by atoms with Crippen LogP contribution in [0.5, 0.6) is 0 Å². The standard InChI is InChI=1S/C11H25OP/c1-10(2,3)8(7-9(12)13)11(4,5)6/h8-9,12H,7,13H2,1-6H3. The summed E-state index contributed by atoms with van der Waals surface area (Å²) < 4.78 is 0. The van der Waals surface area contributed by atoms with Crippen molar-refractivity contribution in [3.8, 4) is 0 Å². The second kappa shape index (κ2) is 4.28. The minimum absolute atomic E-state index is 0.260. The van der Waals surface area contributed by atoms with Crippen molar-refractivity contribution in [2.45, 2.75) is 53.8 Å². The van der Waals surface area contributed by atoms with Crippen molar-refractivity contribution < 1.29 is 5.11 Å². The van der Waals surface area contributed by atoms with E-state index in [9.17, 15) is 5.11 Å². The fourth-order valence-electron chi connectivity index (χ4n) is 2.25. The lowest BCUT2D eigenvalue weighted by molar-refractivity contribution is 0.0634. The van der Waals surface area contributed by atoms with Crippen LogP contribution in [0.15, 0.2) is 0 Å². The summed E-state index contributed by atoms with van der Waals surface area (Å²) in [5, 5.41) is 9.41. The van der Waals surface area contributed by atoms with Crippen molar-refractivity contribution in [3.63, 3.8) is 0 Å². The molecule has 0 rings (SSSR count). The summed E-state index contributed by atoms with van der Waals surface area (Å²) in [7, 11) is 2.47. The normalized spacial score (nSPS) is 16.4. The van der Waals surface area contributed by atoms with Crippen LogP contribution in [-0.4, -0.2) is 11.0 Å². The Bertz CT molecular complexity index is 136. The van der Waals surface area contributed by atoms with Crippen LogP contribution in [0, 0.1) is 16.7 Å². The molecule has 0 saturated carbocycles. The Kier molecular flexibility index (Phi) is 4.40. The highest BCUT2D eigenvalue weighted by atomic mass is 31.0. The van der Waals surface area contributed by atoms with E-state index in [1.54, 1.807) is 0 Å². The first-order chi connectivity index (χ1) is 5.55. The quantitative estimate of drug-likeness (QED) is 0.684. The predicted octanol–water partition coefficient (Wildman–Crippen LogP) is 3.28. The summed E-state index contributed by atoms with van der Waals surface area (Å²) in [6.45, 7) is 13.5. The highest BCUT2D eigenvalue weighted by Crippen LogP contribution is 2.43. The fraction of sp³-hybridized carbons (Fsp3) is 1.00. The van der Waals surface area contributed by atoms with Gasteiger partial charge in [-0.2, -0.15) is 0 Å². The average molecular weight is 204 g/mol. The van der Waals surface area contributed by atoms with Crippen LogP contribution in [0.4, 0.5) is 0 Å². The summed E-state index contributed by atoms with van der Waals surface area (Å²) in [6.07, 6.45) is 0.859. The summed E-state index contributed by atoms with van der Waals surface area (Å²) in [4.78, 5) is 0. The van der Waals surface area contributed by atoms with Crippen LogP contribution < -0.4 is 0 Å². The van der Waals surface area contributed by atoms with Gasteiger partial charge in [0.05, 0.1) is 5.85 Å². The molecule has 0 fully saturated rings. The third-order valence-corrected chi connectivity index (χ3v) is 2.84. The molecule has 0 aliphatic rings. The zero-order chi connectivity index (χ0) is 10.9. The van der Waals surface area contributed by atoms with Gasteiger partial charge in [0.2, 0.25) is 0 Å². The van der Waals surface area contributed by atoms with E-state index < -0.39 is 0 Å². The van der Waals surface area contributed by atoms with Crippen molar-refractivity contribution >= 4 is 9.24 Å². The fourth-order valence-corrected chi connectivity index (χ4v) is 2.52. The van der Waals surface area contributed by atoms with Gasteiger partial charge in [-0.1, -0.05) is 41.5 Å². The maximum absolute atomic E-state index is 9.41. The lowest BCUT2D eigenvalue weighted by Crippen LogP contribution is -2.34. The minimum Gasteiger partial charge on any atom is -0.389 e. The Morgan fingerprint density at radius 1 is 1.00 bits per heavy atom. The average Bonchev–Trinajstić information content (AvgIpc) is 1.77. The molecule has 1 N–H and O–H groups in total. The Morgan fingerprint density at radius 3 is 1.38 bits per heavy atom. The molecule has 0 aliphatic carbocycles. The second-order valence-corrected chi connectivity index (χ2v) is 6.86. The van der Waals surface area contributed by atoms with E-state index in [2.05, 4.69) is 50.8 Å². The van der Waals surface area contributed by atoms with E-state index in [1.165, 1.54) is 0 Å². The molecule has 1 nitrogen and oxygen atoms in total. The molecule has 0 radical (unpaired) electrons. The molecule has 0 aliphatic heterocycles. The molecule has 13 heavy (non-hydrogen) atoms. The molecular weight excluding hydrogens is 179 g/mol. The van der Waals surface area contributed by atoms with Crippen LogP contribution in [0.1, 0.15) is 48.0 Å². The van der Waals surface area contributed by atoms with Crippen molar-refractivity contribution in [2.75, 3.05) is 0 Å². The monoisotopic (exact) mass is 204 g/mol. The molecule has 0 spiro atoms. The SMILES string of the molecule is CC(C)(C)C(CC(O)P)C(C)(C)C. The van der Waals surface area contributed by atoms with Crippen LogP contribution >= 0.6 is 9.24 Å². The van der Waals surface area contributed by atoms with E-state index in [4.69, 9.17) is 0 Å². The van der Waals surface area contributed by atoms with Gasteiger partial charge in [0, 0.05) is 0 Å². The molecule has 80 valence electrons. The third-order valence-electron chi connectivity index (χ3n) is 2.57. The maximum Gasteiger partial charge on any atom is 0.0676 e. The number of hydrogen-bond donors (Lipinski definition) is 1. The van der Waals surface area contributed by atoms with Crippen molar-refractivity contribution in [1.29, 1.82) is 0 Å². The van der Waals surface area contributed by atoms with Gasteiger partial charge in [-0.25, -0.2) is 0 Å².